The third-order valence-electron chi connectivity index (χ3n) is 4.69. The lowest BCUT2D eigenvalue weighted by molar-refractivity contribution is 0.532. The van der Waals surface area contributed by atoms with Crippen molar-refractivity contribution >= 4 is 38.3 Å². The summed E-state index contributed by atoms with van der Waals surface area (Å²) in [5, 5.41) is 0.540. The summed E-state index contributed by atoms with van der Waals surface area (Å²) in [7, 11) is -4.20. The molecule has 0 aliphatic heterocycles. The molecule has 6 nitrogen and oxygen atoms in total. The Morgan fingerprint density at radius 2 is 1.77 bits per heavy atom. The van der Waals surface area contributed by atoms with Crippen LogP contribution in [0.4, 0.5) is 26.2 Å². The number of hydrogen-bond acceptors (Lipinski definition) is 5. The minimum absolute atomic E-state index is 0.248. The van der Waals surface area contributed by atoms with Crippen LogP contribution in [0.2, 0.25) is 0 Å². The number of sulfonamides is 1. The van der Waals surface area contributed by atoms with Crippen LogP contribution in [0.15, 0.2) is 70.0 Å². The number of fused-ring (bicyclic) bond motifs is 1. The highest BCUT2D eigenvalue weighted by molar-refractivity contribution is 7.92. The molecule has 0 atom stereocenters. The first-order chi connectivity index (χ1) is 14.8. The van der Waals surface area contributed by atoms with Gasteiger partial charge in [0.15, 0.2) is 0 Å². The zero-order valence-electron chi connectivity index (χ0n) is 16.8. The van der Waals surface area contributed by atoms with E-state index in [9.17, 15) is 17.2 Å². The van der Waals surface area contributed by atoms with Crippen LogP contribution < -0.4 is 9.62 Å². The van der Waals surface area contributed by atoms with Crippen LogP contribution in [0, 0.1) is 18.6 Å². The lowest BCUT2D eigenvalue weighted by Crippen LogP contribution is -2.17. The Balaban J connectivity index is 1.71. The molecule has 0 fully saturated rings. The second kappa shape index (κ2) is 7.99. The number of benzene rings is 2. The minimum atomic E-state index is -4.20. The van der Waals surface area contributed by atoms with Crippen LogP contribution >= 0.6 is 0 Å². The maximum Gasteiger partial charge on any atom is 0.262 e. The fourth-order valence-corrected chi connectivity index (χ4v) is 4.39. The molecule has 2 aromatic heterocycles. The smallest absolute Gasteiger partial charge is 0.262 e. The van der Waals surface area contributed by atoms with E-state index in [1.54, 1.807) is 30.3 Å². The molecule has 4 aromatic rings. The quantitative estimate of drug-likeness (QED) is 0.433. The molecule has 0 aliphatic carbocycles. The zero-order chi connectivity index (χ0) is 22.2. The molecule has 0 unspecified atom stereocenters. The SMILES string of the molecule is CCN(c1ccc2c(NS(=O)(=O)c3cc(F)cc(F)c3)cccc2n1)c1ccc(C)o1. The van der Waals surface area contributed by atoms with E-state index in [1.807, 2.05) is 30.9 Å². The normalized spacial score (nSPS) is 11.6. The summed E-state index contributed by atoms with van der Waals surface area (Å²) >= 11 is 0. The molecular weight excluding hydrogens is 424 g/mol. The maximum absolute atomic E-state index is 13.5. The van der Waals surface area contributed by atoms with E-state index in [1.165, 1.54) is 0 Å². The second-order valence-electron chi connectivity index (χ2n) is 6.88. The van der Waals surface area contributed by atoms with Crippen molar-refractivity contribution in [3.8, 4) is 0 Å². The molecule has 0 saturated carbocycles. The van der Waals surface area contributed by atoms with Crippen LogP contribution in [0.1, 0.15) is 12.7 Å². The predicted octanol–water partition coefficient (Wildman–Crippen LogP) is 5.37. The topological polar surface area (TPSA) is 75.4 Å². The van der Waals surface area contributed by atoms with Crippen molar-refractivity contribution in [2.45, 2.75) is 18.7 Å². The van der Waals surface area contributed by atoms with Crippen molar-refractivity contribution in [1.82, 2.24) is 4.98 Å². The molecule has 160 valence electrons. The summed E-state index contributed by atoms with van der Waals surface area (Å²) in [5.74, 6) is 0.114. The summed E-state index contributed by atoms with van der Waals surface area (Å²) in [6.07, 6.45) is 0. The number of halogens is 2. The van der Waals surface area contributed by atoms with E-state index in [2.05, 4.69) is 9.71 Å². The number of pyridine rings is 1. The van der Waals surface area contributed by atoms with Crippen LogP contribution in [0.25, 0.3) is 10.9 Å². The third kappa shape index (κ3) is 4.22. The van der Waals surface area contributed by atoms with E-state index >= 15 is 0 Å². The van der Waals surface area contributed by atoms with Crippen molar-refractivity contribution in [1.29, 1.82) is 0 Å². The number of hydrogen-bond donors (Lipinski definition) is 1. The Labute approximate surface area is 178 Å². The van der Waals surface area contributed by atoms with Crippen LogP contribution in [-0.4, -0.2) is 19.9 Å². The molecular formula is C22H19F2N3O3S. The average molecular weight is 443 g/mol. The lowest BCUT2D eigenvalue weighted by atomic mass is 10.2. The van der Waals surface area contributed by atoms with Crippen molar-refractivity contribution in [2.75, 3.05) is 16.2 Å². The molecule has 0 amide bonds. The molecule has 0 saturated heterocycles. The molecule has 0 aliphatic rings. The average Bonchev–Trinajstić information content (AvgIpc) is 3.13. The fraction of sp³-hybridized carbons (Fsp3) is 0.136. The Morgan fingerprint density at radius 1 is 1.03 bits per heavy atom. The van der Waals surface area contributed by atoms with Gasteiger partial charge in [0.1, 0.15) is 23.2 Å². The molecule has 0 radical (unpaired) electrons. The summed E-state index contributed by atoms with van der Waals surface area (Å²) in [5.41, 5.74) is 0.794. The molecule has 2 heterocycles. The van der Waals surface area contributed by atoms with E-state index in [0.29, 0.717) is 35.2 Å². The summed E-state index contributed by atoms with van der Waals surface area (Å²) in [6.45, 7) is 4.43. The standard InChI is InChI=1S/C22H19F2N3O3S/c1-3-27(22-10-7-14(2)30-22)21-9-8-18-19(25-21)5-4-6-20(18)26-31(28,29)17-12-15(23)11-16(24)13-17/h4-13,26H,3H2,1-2H3. The summed E-state index contributed by atoms with van der Waals surface area (Å²) in [6, 6.07) is 14.3. The molecule has 31 heavy (non-hydrogen) atoms. The highest BCUT2D eigenvalue weighted by atomic mass is 32.2. The van der Waals surface area contributed by atoms with Gasteiger partial charge in [-0.25, -0.2) is 22.2 Å². The van der Waals surface area contributed by atoms with Gasteiger partial charge in [-0.3, -0.25) is 9.62 Å². The molecule has 9 heteroatoms. The lowest BCUT2D eigenvalue weighted by Gasteiger charge is -2.19. The number of rotatable bonds is 6. The number of aryl methyl sites for hydroxylation is 1. The van der Waals surface area contributed by atoms with Gasteiger partial charge in [0.05, 0.1) is 16.1 Å². The first-order valence-electron chi connectivity index (χ1n) is 9.49. The fourth-order valence-electron chi connectivity index (χ4n) is 3.27. The van der Waals surface area contributed by atoms with Gasteiger partial charge < -0.3 is 4.42 Å². The number of nitrogens with zero attached hydrogens (tertiary/aromatic N) is 2. The van der Waals surface area contributed by atoms with Crippen molar-refractivity contribution < 1.29 is 21.6 Å². The van der Waals surface area contributed by atoms with E-state index in [-0.39, 0.29) is 5.69 Å². The zero-order valence-corrected chi connectivity index (χ0v) is 17.6. The summed E-state index contributed by atoms with van der Waals surface area (Å²) < 4.78 is 60.4. The van der Waals surface area contributed by atoms with E-state index < -0.39 is 26.6 Å². The summed E-state index contributed by atoms with van der Waals surface area (Å²) in [4.78, 5) is 6.02. The highest BCUT2D eigenvalue weighted by Crippen LogP contribution is 2.30. The Morgan fingerprint density at radius 3 is 2.42 bits per heavy atom. The van der Waals surface area contributed by atoms with Crippen LogP contribution in [0.5, 0.6) is 0 Å². The molecule has 0 spiro atoms. The molecule has 4 rings (SSSR count). The van der Waals surface area contributed by atoms with E-state index in [4.69, 9.17) is 4.42 Å². The van der Waals surface area contributed by atoms with Crippen LogP contribution in [0.3, 0.4) is 0 Å². The highest BCUT2D eigenvalue weighted by Gasteiger charge is 2.19. The van der Waals surface area contributed by atoms with Gasteiger partial charge in [0, 0.05) is 24.1 Å². The van der Waals surface area contributed by atoms with Gasteiger partial charge in [-0.05, 0) is 56.3 Å². The predicted molar refractivity (Wildman–Crippen MR) is 115 cm³/mol. The maximum atomic E-state index is 13.5. The number of nitrogens with one attached hydrogen (secondary N) is 1. The largest absolute Gasteiger partial charge is 0.445 e. The first-order valence-corrected chi connectivity index (χ1v) is 11.0. The van der Waals surface area contributed by atoms with Gasteiger partial charge in [-0.15, -0.1) is 0 Å². The van der Waals surface area contributed by atoms with Crippen LogP contribution in [-0.2, 0) is 10.0 Å². The Bertz CT molecular complexity index is 1350. The van der Waals surface area contributed by atoms with Crippen molar-refractivity contribution in [3.05, 3.63) is 78.1 Å². The minimum Gasteiger partial charge on any atom is -0.445 e. The third-order valence-corrected chi connectivity index (χ3v) is 6.04. The van der Waals surface area contributed by atoms with Gasteiger partial charge in [0.25, 0.3) is 10.0 Å². The molecule has 0 bridgehead atoms. The molecule has 2 aromatic carbocycles. The van der Waals surface area contributed by atoms with Gasteiger partial charge >= 0.3 is 0 Å². The second-order valence-corrected chi connectivity index (χ2v) is 8.56. The number of aromatic nitrogens is 1. The monoisotopic (exact) mass is 443 g/mol. The number of anilines is 3. The van der Waals surface area contributed by atoms with Gasteiger partial charge in [0.2, 0.25) is 5.88 Å². The Kier molecular flexibility index (Phi) is 5.36. The van der Waals surface area contributed by atoms with Gasteiger partial charge in [-0.1, -0.05) is 6.07 Å². The van der Waals surface area contributed by atoms with Crippen molar-refractivity contribution in [3.63, 3.8) is 0 Å². The Hall–Kier alpha value is -3.46. The van der Waals surface area contributed by atoms with Crippen molar-refractivity contribution in [2.24, 2.45) is 0 Å². The molecule has 1 N–H and O–H groups in total. The number of furan rings is 1. The van der Waals surface area contributed by atoms with Gasteiger partial charge in [-0.2, -0.15) is 0 Å². The van der Waals surface area contributed by atoms with E-state index in [0.717, 1.165) is 17.9 Å². The first kappa shape index (κ1) is 20.8.